The zero-order valence-corrected chi connectivity index (χ0v) is 12.7. The SMILES string of the molecule is CCNCc1cnccc1N(C)Cc1cccc(Cl)c1. The molecule has 0 atom stereocenters. The van der Waals surface area contributed by atoms with E-state index < -0.39 is 0 Å². The summed E-state index contributed by atoms with van der Waals surface area (Å²) in [6.45, 7) is 4.71. The van der Waals surface area contributed by atoms with Gasteiger partial charge < -0.3 is 10.2 Å². The fourth-order valence-electron chi connectivity index (χ4n) is 2.18. The van der Waals surface area contributed by atoms with Gasteiger partial charge in [-0.15, -0.1) is 0 Å². The van der Waals surface area contributed by atoms with Crippen LogP contribution in [0, 0.1) is 0 Å². The number of rotatable bonds is 6. The van der Waals surface area contributed by atoms with E-state index in [1.165, 1.54) is 16.8 Å². The molecule has 4 heteroatoms. The van der Waals surface area contributed by atoms with Crippen LogP contribution in [0.4, 0.5) is 5.69 Å². The third kappa shape index (κ3) is 3.95. The number of hydrogen-bond acceptors (Lipinski definition) is 3. The van der Waals surface area contributed by atoms with E-state index in [9.17, 15) is 0 Å². The zero-order chi connectivity index (χ0) is 14.4. The third-order valence-corrected chi connectivity index (χ3v) is 3.40. The summed E-state index contributed by atoms with van der Waals surface area (Å²) in [6.07, 6.45) is 3.76. The first-order valence-electron chi connectivity index (χ1n) is 6.80. The summed E-state index contributed by atoms with van der Waals surface area (Å²) in [7, 11) is 2.09. The lowest BCUT2D eigenvalue weighted by Gasteiger charge is -2.22. The van der Waals surface area contributed by atoms with Gasteiger partial charge in [-0.3, -0.25) is 4.98 Å². The summed E-state index contributed by atoms with van der Waals surface area (Å²) in [6, 6.07) is 10.0. The average molecular weight is 290 g/mol. The number of benzene rings is 1. The first-order valence-corrected chi connectivity index (χ1v) is 7.17. The minimum atomic E-state index is 0.776. The first-order chi connectivity index (χ1) is 9.70. The van der Waals surface area contributed by atoms with Gasteiger partial charge in [-0.2, -0.15) is 0 Å². The van der Waals surface area contributed by atoms with Crippen molar-refractivity contribution in [1.82, 2.24) is 10.3 Å². The van der Waals surface area contributed by atoms with E-state index in [0.717, 1.165) is 24.7 Å². The molecule has 0 aliphatic rings. The molecule has 1 aromatic carbocycles. The van der Waals surface area contributed by atoms with Crippen LogP contribution in [0.15, 0.2) is 42.7 Å². The van der Waals surface area contributed by atoms with Crippen LogP contribution in [0.3, 0.4) is 0 Å². The molecular formula is C16H20ClN3. The maximum atomic E-state index is 6.04. The minimum absolute atomic E-state index is 0.776. The van der Waals surface area contributed by atoms with Gasteiger partial charge in [0.15, 0.2) is 0 Å². The van der Waals surface area contributed by atoms with Crippen LogP contribution in [-0.2, 0) is 13.1 Å². The molecule has 0 bridgehead atoms. The molecule has 2 rings (SSSR count). The van der Waals surface area contributed by atoms with Crippen molar-refractivity contribution in [2.45, 2.75) is 20.0 Å². The van der Waals surface area contributed by atoms with Crippen molar-refractivity contribution in [1.29, 1.82) is 0 Å². The van der Waals surface area contributed by atoms with Crippen LogP contribution >= 0.6 is 11.6 Å². The molecule has 106 valence electrons. The molecule has 0 spiro atoms. The predicted octanol–water partition coefficient (Wildman–Crippen LogP) is 3.48. The zero-order valence-electron chi connectivity index (χ0n) is 11.9. The van der Waals surface area contributed by atoms with Gasteiger partial charge in [-0.1, -0.05) is 30.7 Å². The molecule has 0 amide bonds. The molecular weight excluding hydrogens is 270 g/mol. The standard InChI is InChI=1S/C16H20ClN3/c1-3-18-10-14-11-19-8-7-16(14)20(2)12-13-5-4-6-15(17)9-13/h4-9,11,18H,3,10,12H2,1-2H3. The van der Waals surface area contributed by atoms with Gasteiger partial charge in [0.05, 0.1) is 0 Å². The van der Waals surface area contributed by atoms with Gasteiger partial charge in [0, 0.05) is 48.8 Å². The Kier molecular flexibility index (Phi) is 5.39. The fraction of sp³-hybridized carbons (Fsp3) is 0.312. The van der Waals surface area contributed by atoms with E-state index in [4.69, 9.17) is 11.6 Å². The number of pyridine rings is 1. The van der Waals surface area contributed by atoms with Crippen LogP contribution in [-0.4, -0.2) is 18.6 Å². The molecule has 0 radical (unpaired) electrons. The lowest BCUT2D eigenvalue weighted by molar-refractivity contribution is 0.720. The Morgan fingerprint density at radius 1 is 1.30 bits per heavy atom. The van der Waals surface area contributed by atoms with Gasteiger partial charge in [0.1, 0.15) is 0 Å². The predicted molar refractivity (Wildman–Crippen MR) is 85.2 cm³/mol. The van der Waals surface area contributed by atoms with Gasteiger partial charge >= 0.3 is 0 Å². The molecule has 3 nitrogen and oxygen atoms in total. The Bertz CT molecular complexity index is 557. The van der Waals surface area contributed by atoms with Crippen LogP contribution < -0.4 is 10.2 Å². The fourth-order valence-corrected chi connectivity index (χ4v) is 2.40. The second-order valence-corrected chi connectivity index (χ2v) is 5.21. The Hall–Kier alpha value is -1.58. The molecule has 1 N–H and O–H groups in total. The van der Waals surface area contributed by atoms with Crippen molar-refractivity contribution >= 4 is 17.3 Å². The first kappa shape index (κ1) is 14.8. The van der Waals surface area contributed by atoms with Crippen molar-refractivity contribution in [3.8, 4) is 0 Å². The summed E-state index contributed by atoms with van der Waals surface area (Å²) < 4.78 is 0. The molecule has 0 saturated carbocycles. The number of aromatic nitrogens is 1. The normalized spacial score (nSPS) is 10.6. The maximum Gasteiger partial charge on any atom is 0.0443 e. The molecule has 1 heterocycles. The largest absolute Gasteiger partial charge is 0.370 e. The van der Waals surface area contributed by atoms with Gasteiger partial charge in [-0.25, -0.2) is 0 Å². The summed E-state index contributed by atoms with van der Waals surface area (Å²) in [5.41, 5.74) is 3.60. The van der Waals surface area contributed by atoms with E-state index in [-0.39, 0.29) is 0 Å². The van der Waals surface area contributed by atoms with Crippen molar-refractivity contribution in [2.24, 2.45) is 0 Å². The molecule has 0 fully saturated rings. The Morgan fingerprint density at radius 3 is 2.90 bits per heavy atom. The quantitative estimate of drug-likeness (QED) is 0.882. The highest BCUT2D eigenvalue weighted by Crippen LogP contribution is 2.21. The summed E-state index contributed by atoms with van der Waals surface area (Å²) >= 11 is 6.04. The second kappa shape index (κ2) is 7.27. The van der Waals surface area contributed by atoms with Crippen LogP contribution in [0.2, 0.25) is 5.02 Å². The molecule has 20 heavy (non-hydrogen) atoms. The second-order valence-electron chi connectivity index (χ2n) is 4.77. The van der Waals surface area contributed by atoms with Gasteiger partial charge in [0.25, 0.3) is 0 Å². The van der Waals surface area contributed by atoms with Gasteiger partial charge in [0.2, 0.25) is 0 Å². The van der Waals surface area contributed by atoms with Crippen molar-refractivity contribution in [3.63, 3.8) is 0 Å². The van der Waals surface area contributed by atoms with Gasteiger partial charge in [-0.05, 0) is 30.3 Å². The molecule has 1 aromatic heterocycles. The highest BCUT2D eigenvalue weighted by atomic mass is 35.5. The molecule has 0 unspecified atom stereocenters. The lowest BCUT2D eigenvalue weighted by atomic mass is 10.1. The van der Waals surface area contributed by atoms with E-state index >= 15 is 0 Å². The highest BCUT2D eigenvalue weighted by molar-refractivity contribution is 6.30. The maximum absolute atomic E-state index is 6.04. The molecule has 2 aromatic rings. The Balaban J connectivity index is 2.14. The number of anilines is 1. The Labute approximate surface area is 125 Å². The van der Waals surface area contributed by atoms with Crippen LogP contribution in [0.25, 0.3) is 0 Å². The minimum Gasteiger partial charge on any atom is -0.370 e. The summed E-state index contributed by atoms with van der Waals surface area (Å²) in [4.78, 5) is 6.44. The van der Waals surface area contributed by atoms with Crippen molar-refractivity contribution in [3.05, 3.63) is 58.9 Å². The summed E-state index contributed by atoms with van der Waals surface area (Å²) in [5, 5.41) is 4.12. The summed E-state index contributed by atoms with van der Waals surface area (Å²) in [5.74, 6) is 0. The smallest absolute Gasteiger partial charge is 0.0443 e. The number of halogens is 1. The van der Waals surface area contributed by atoms with E-state index in [1.54, 1.807) is 0 Å². The van der Waals surface area contributed by atoms with Crippen molar-refractivity contribution < 1.29 is 0 Å². The molecule has 0 saturated heterocycles. The molecule has 0 aliphatic carbocycles. The van der Waals surface area contributed by atoms with Crippen LogP contribution in [0.1, 0.15) is 18.1 Å². The van der Waals surface area contributed by atoms with Crippen molar-refractivity contribution in [2.75, 3.05) is 18.5 Å². The average Bonchev–Trinajstić information content (AvgIpc) is 2.45. The lowest BCUT2D eigenvalue weighted by Crippen LogP contribution is -2.20. The number of hydrogen-bond donors (Lipinski definition) is 1. The topological polar surface area (TPSA) is 28.2 Å². The molecule has 0 aliphatic heterocycles. The van der Waals surface area contributed by atoms with E-state index in [2.05, 4.69) is 41.3 Å². The number of nitrogens with one attached hydrogen (secondary N) is 1. The van der Waals surface area contributed by atoms with E-state index in [1.807, 2.05) is 30.6 Å². The van der Waals surface area contributed by atoms with Crippen LogP contribution in [0.5, 0.6) is 0 Å². The Morgan fingerprint density at radius 2 is 2.15 bits per heavy atom. The third-order valence-electron chi connectivity index (χ3n) is 3.16. The monoisotopic (exact) mass is 289 g/mol. The van der Waals surface area contributed by atoms with E-state index in [0.29, 0.717) is 0 Å². The highest BCUT2D eigenvalue weighted by Gasteiger charge is 2.08. The number of nitrogens with zero attached hydrogens (tertiary/aromatic N) is 2.